The lowest BCUT2D eigenvalue weighted by Crippen LogP contribution is -2.28. The molecule has 0 bridgehead atoms. The van der Waals surface area contributed by atoms with Crippen LogP contribution in [-0.4, -0.2) is 15.7 Å². The van der Waals surface area contributed by atoms with E-state index in [0.29, 0.717) is 18.0 Å². The van der Waals surface area contributed by atoms with Crippen LogP contribution in [0, 0.1) is 5.41 Å². The molecule has 0 aliphatic carbocycles. The van der Waals surface area contributed by atoms with Gasteiger partial charge in [-0.15, -0.1) is 12.6 Å². The number of rotatable bonds is 6. The quantitative estimate of drug-likeness (QED) is 0.346. The molecular formula is C22H25N5S. The lowest BCUT2D eigenvalue weighted by molar-refractivity contribution is 0.554. The van der Waals surface area contributed by atoms with Crippen molar-refractivity contribution in [2.75, 3.05) is 5.32 Å². The Morgan fingerprint density at radius 2 is 1.93 bits per heavy atom. The Hall–Kier alpha value is -2.70. The maximum Gasteiger partial charge on any atom is 0.130 e. The molecule has 0 saturated heterocycles. The van der Waals surface area contributed by atoms with Gasteiger partial charge in [0.15, 0.2) is 0 Å². The van der Waals surface area contributed by atoms with Crippen molar-refractivity contribution >= 4 is 29.8 Å². The molecule has 28 heavy (non-hydrogen) atoms. The van der Waals surface area contributed by atoms with E-state index in [1.807, 2.05) is 63.2 Å². The molecule has 0 saturated carbocycles. The molecule has 0 radical (unpaired) electrons. The Labute approximate surface area is 171 Å². The lowest BCUT2D eigenvalue weighted by Gasteiger charge is -2.19. The maximum atomic E-state index is 8.17. The average Bonchev–Trinajstić information content (AvgIpc) is 2.67. The van der Waals surface area contributed by atoms with Gasteiger partial charge in [-0.2, -0.15) is 0 Å². The minimum atomic E-state index is -0.426. The van der Waals surface area contributed by atoms with Crippen LogP contribution in [0.15, 0.2) is 59.8 Å². The number of hydrogen-bond donors (Lipinski definition) is 4. The standard InChI is InChI=1S/C22H25N5S/c1-4-18(23)17-7-6-16(28)12-20(17)27-21-8-5-14(13-26-21)19-11-15(9-10-25-19)22(2,3)24/h5-13,23,28H,4,24H2,1-3H3,(H,26,27). The number of nitrogens with two attached hydrogens (primary N) is 1. The van der Waals surface area contributed by atoms with Crippen molar-refractivity contribution in [3.05, 3.63) is 66.0 Å². The van der Waals surface area contributed by atoms with Crippen LogP contribution < -0.4 is 11.1 Å². The van der Waals surface area contributed by atoms with E-state index >= 15 is 0 Å². The van der Waals surface area contributed by atoms with Crippen molar-refractivity contribution in [1.29, 1.82) is 5.41 Å². The number of hydrogen-bond acceptors (Lipinski definition) is 6. The molecule has 3 aromatic rings. The van der Waals surface area contributed by atoms with Crippen LogP contribution in [0.1, 0.15) is 38.3 Å². The Morgan fingerprint density at radius 3 is 2.57 bits per heavy atom. The van der Waals surface area contributed by atoms with E-state index in [1.54, 1.807) is 12.4 Å². The minimum absolute atomic E-state index is 0.426. The van der Waals surface area contributed by atoms with E-state index in [2.05, 4.69) is 27.9 Å². The average molecular weight is 392 g/mol. The normalized spacial score (nSPS) is 11.3. The van der Waals surface area contributed by atoms with Crippen LogP contribution in [0.3, 0.4) is 0 Å². The van der Waals surface area contributed by atoms with Crippen molar-refractivity contribution in [1.82, 2.24) is 9.97 Å². The summed E-state index contributed by atoms with van der Waals surface area (Å²) in [5.41, 5.74) is 10.8. The molecule has 4 N–H and O–H groups in total. The summed E-state index contributed by atoms with van der Waals surface area (Å²) in [4.78, 5) is 9.79. The Balaban J connectivity index is 1.87. The molecule has 0 fully saturated rings. The number of thiol groups is 1. The molecule has 0 atom stereocenters. The Bertz CT molecular complexity index is 991. The monoisotopic (exact) mass is 391 g/mol. The third-order valence-corrected chi connectivity index (χ3v) is 4.79. The van der Waals surface area contributed by atoms with Crippen molar-refractivity contribution in [3.63, 3.8) is 0 Å². The molecular weight excluding hydrogens is 366 g/mol. The SMILES string of the molecule is CCC(=N)c1ccc(S)cc1Nc1ccc(-c2cc(C(C)(C)N)ccn2)cn1. The fourth-order valence-corrected chi connectivity index (χ4v) is 3.04. The van der Waals surface area contributed by atoms with E-state index < -0.39 is 5.54 Å². The van der Waals surface area contributed by atoms with Crippen LogP contribution >= 0.6 is 12.6 Å². The molecule has 0 aliphatic rings. The molecule has 0 unspecified atom stereocenters. The first-order chi connectivity index (χ1) is 13.3. The summed E-state index contributed by atoms with van der Waals surface area (Å²) in [5, 5.41) is 11.5. The molecule has 1 aromatic carbocycles. The summed E-state index contributed by atoms with van der Waals surface area (Å²) in [5.74, 6) is 0.697. The first kappa shape index (κ1) is 20.0. The Kier molecular flexibility index (Phi) is 5.82. The molecule has 0 aliphatic heterocycles. The van der Waals surface area contributed by atoms with Crippen LogP contribution in [0.5, 0.6) is 0 Å². The van der Waals surface area contributed by atoms with Gasteiger partial charge in [-0.05, 0) is 68.3 Å². The molecule has 2 aromatic heterocycles. The maximum absolute atomic E-state index is 8.17. The van der Waals surface area contributed by atoms with Crippen molar-refractivity contribution < 1.29 is 0 Å². The second-order valence-electron chi connectivity index (χ2n) is 7.27. The van der Waals surface area contributed by atoms with E-state index in [1.165, 1.54) is 0 Å². The van der Waals surface area contributed by atoms with Gasteiger partial charge < -0.3 is 16.5 Å². The smallest absolute Gasteiger partial charge is 0.130 e. The van der Waals surface area contributed by atoms with Crippen molar-refractivity contribution in [3.8, 4) is 11.3 Å². The van der Waals surface area contributed by atoms with Crippen molar-refractivity contribution in [2.45, 2.75) is 37.6 Å². The molecule has 3 rings (SSSR count). The van der Waals surface area contributed by atoms with Gasteiger partial charge in [0.05, 0.1) is 5.69 Å². The summed E-state index contributed by atoms with van der Waals surface area (Å²) >= 11 is 4.41. The zero-order chi connectivity index (χ0) is 20.3. The fraction of sp³-hybridized carbons (Fsp3) is 0.227. The number of nitrogens with zero attached hydrogens (tertiary/aromatic N) is 2. The van der Waals surface area contributed by atoms with Crippen molar-refractivity contribution in [2.24, 2.45) is 5.73 Å². The van der Waals surface area contributed by atoms with Crippen LogP contribution in [0.25, 0.3) is 11.3 Å². The first-order valence-corrected chi connectivity index (χ1v) is 9.62. The molecule has 0 spiro atoms. The largest absolute Gasteiger partial charge is 0.340 e. The summed E-state index contributed by atoms with van der Waals surface area (Å²) in [6, 6.07) is 13.5. The van der Waals surface area contributed by atoms with Gasteiger partial charge in [-0.3, -0.25) is 4.98 Å². The van der Waals surface area contributed by atoms with Crippen LogP contribution in [0.4, 0.5) is 11.5 Å². The number of nitrogens with one attached hydrogen (secondary N) is 2. The second kappa shape index (κ2) is 8.12. The predicted octanol–water partition coefficient (Wildman–Crippen LogP) is 5.15. The van der Waals surface area contributed by atoms with E-state index in [-0.39, 0.29) is 0 Å². The molecule has 0 amide bonds. The third-order valence-electron chi connectivity index (χ3n) is 4.51. The van der Waals surface area contributed by atoms with E-state index in [9.17, 15) is 0 Å². The van der Waals surface area contributed by atoms with Gasteiger partial charge in [0.2, 0.25) is 0 Å². The summed E-state index contributed by atoms with van der Waals surface area (Å²) in [6.45, 7) is 5.91. The first-order valence-electron chi connectivity index (χ1n) is 9.17. The zero-order valence-electron chi connectivity index (χ0n) is 16.3. The predicted molar refractivity (Wildman–Crippen MR) is 119 cm³/mol. The highest BCUT2D eigenvalue weighted by Crippen LogP contribution is 2.26. The van der Waals surface area contributed by atoms with Gasteiger partial charge in [0, 0.05) is 45.4 Å². The van der Waals surface area contributed by atoms with E-state index in [0.717, 1.165) is 33.0 Å². The van der Waals surface area contributed by atoms with Gasteiger partial charge in [0.25, 0.3) is 0 Å². The fourth-order valence-electron chi connectivity index (χ4n) is 2.84. The molecule has 6 heteroatoms. The van der Waals surface area contributed by atoms with Crippen LogP contribution in [-0.2, 0) is 5.54 Å². The number of aromatic nitrogens is 2. The minimum Gasteiger partial charge on any atom is -0.340 e. The van der Waals surface area contributed by atoms with Gasteiger partial charge in [-0.1, -0.05) is 6.92 Å². The number of anilines is 2. The number of benzene rings is 1. The van der Waals surface area contributed by atoms with E-state index in [4.69, 9.17) is 11.1 Å². The highest BCUT2D eigenvalue weighted by atomic mass is 32.1. The Morgan fingerprint density at radius 1 is 1.14 bits per heavy atom. The zero-order valence-corrected chi connectivity index (χ0v) is 17.2. The third kappa shape index (κ3) is 4.58. The lowest BCUT2D eigenvalue weighted by atomic mass is 9.95. The molecule has 5 nitrogen and oxygen atoms in total. The molecule has 2 heterocycles. The highest BCUT2D eigenvalue weighted by Gasteiger charge is 2.15. The van der Waals surface area contributed by atoms with Gasteiger partial charge in [-0.25, -0.2) is 4.98 Å². The summed E-state index contributed by atoms with van der Waals surface area (Å²) in [7, 11) is 0. The topological polar surface area (TPSA) is 87.7 Å². The molecule has 144 valence electrons. The van der Waals surface area contributed by atoms with Gasteiger partial charge in [0.1, 0.15) is 5.82 Å². The summed E-state index contributed by atoms with van der Waals surface area (Å²) in [6.07, 6.45) is 4.21. The van der Waals surface area contributed by atoms with Gasteiger partial charge >= 0.3 is 0 Å². The highest BCUT2D eigenvalue weighted by molar-refractivity contribution is 7.80. The summed E-state index contributed by atoms with van der Waals surface area (Å²) < 4.78 is 0. The number of pyridine rings is 2. The van der Waals surface area contributed by atoms with Crippen LogP contribution in [0.2, 0.25) is 0 Å². The second-order valence-corrected chi connectivity index (χ2v) is 7.79.